The van der Waals surface area contributed by atoms with Crippen LogP contribution in [0.15, 0.2) is 11.0 Å². The second-order valence-electron chi connectivity index (χ2n) is 0.672. The van der Waals surface area contributed by atoms with Gasteiger partial charge in [0.1, 0.15) is 0 Å². The Balaban J connectivity index is 0. The van der Waals surface area contributed by atoms with Crippen molar-refractivity contribution < 1.29 is 47.7 Å². The van der Waals surface area contributed by atoms with Crippen LogP contribution in [0.1, 0.15) is 0 Å². The van der Waals surface area contributed by atoms with Gasteiger partial charge in [0.15, 0.2) is 0 Å². The van der Waals surface area contributed by atoms with Crippen LogP contribution in [0.4, 0.5) is 0 Å². The molecule has 0 aliphatic carbocycles. The fourth-order valence-corrected chi connectivity index (χ4v) is 0.139. The van der Waals surface area contributed by atoms with Crippen LogP contribution in [0.3, 0.4) is 0 Å². The van der Waals surface area contributed by atoms with E-state index in [9.17, 15) is 5.11 Å². The Bertz CT molecular complexity index is 119. The summed E-state index contributed by atoms with van der Waals surface area (Å²) in [5, 5.41) is 12.7. The molecule has 0 aromatic carbocycles. The van der Waals surface area contributed by atoms with Crippen molar-refractivity contribution in [3.05, 3.63) is 11.5 Å². The van der Waals surface area contributed by atoms with Crippen molar-refractivity contribution in [1.82, 2.24) is 0 Å². The zero-order valence-corrected chi connectivity index (χ0v) is 4.71. The van der Waals surface area contributed by atoms with Gasteiger partial charge in [-0.15, -0.1) is 0 Å². The third-order valence-electron chi connectivity index (χ3n) is 0.306. The van der Waals surface area contributed by atoms with Gasteiger partial charge in [-0.3, -0.25) is 0 Å². The molecule has 1 heterocycles. The van der Waals surface area contributed by atoms with E-state index < -0.39 is 5.95 Å². The van der Waals surface area contributed by atoms with Gasteiger partial charge >= 0.3 is 37.7 Å². The topological polar surface area (TPSA) is 58.8 Å². The van der Waals surface area contributed by atoms with Crippen LogP contribution in [0, 0.1) is 0 Å². The maximum absolute atomic E-state index is 9.72. The molecule has 1 aliphatic rings. The Morgan fingerprint density at radius 3 is 2.38 bits per heavy atom. The van der Waals surface area contributed by atoms with Gasteiger partial charge < -0.3 is 20.6 Å². The number of nitrogens with zero attached hydrogens (tertiary/aromatic N) is 2. The van der Waals surface area contributed by atoms with Crippen LogP contribution in [0.2, 0.25) is 0 Å². The standard InChI is InChI=1S/C2HN2O2.2Li/c5-2-1-3-4-6-2;;/h5H;;/q-1;2*+1/p-1. The molecule has 0 unspecified atom stereocenters. The van der Waals surface area contributed by atoms with Crippen molar-refractivity contribution in [2.75, 3.05) is 0 Å². The van der Waals surface area contributed by atoms with Crippen LogP contribution in [0.5, 0.6) is 0 Å². The molecule has 0 bridgehead atoms. The molecule has 0 aromatic rings. The summed E-state index contributed by atoms with van der Waals surface area (Å²) < 4.78 is 0. The summed E-state index contributed by atoms with van der Waals surface area (Å²) in [6.07, 6.45) is 0. The van der Waals surface area contributed by atoms with Crippen LogP contribution < -0.4 is 42.8 Å². The molecule has 0 radical (unpaired) electrons. The Kier molecular flexibility index (Phi) is 7.08. The first-order chi connectivity index (χ1) is 2.89. The molecule has 0 saturated carbocycles. The first kappa shape index (κ1) is 10.9. The zero-order chi connectivity index (χ0) is 4.41. The fraction of sp³-hybridized carbons (Fsp3) is 0. The molecule has 8 heavy (non-hydrogen) atoms. The third kappa shape index (κ3) is 3.10. The van der Waals surface area contributed by atoms with Gasteiger partial charge in [-0.25, -0.2) is 0 Å². The smallest absolute Gasteiger partial charge is 0.686 e. The molecule has 1 rings (SSSR count). The van der Waals surface area contributed by atoms with Crippen molar-refractivity contribution >= 4 is 5.87 Å². The average Bonchev–Trinajstić information content (AvgIpc) is 1.86. The van der Waals surface area contributed by atoms with E-state index in [-0.39, 0.29) is 37.7 Å². The van der Waals surface area contributed by atoms with Crippen LogP contribution >= 0.6 is 0 Å². The number of hydrogen-bond donors (Lipinski definition) is 0. The molecule has 0 atom stereocenters. The minimum atomic E-state index is -0.630. The second-order valence-corrected chi connectivity index (χ2v) is 0.672. The Hall–Kier alpha value is 0.0448. The third-order valence-corrected chi connectivity index (χ3v) is 0.306. The molecule has 0 N–H and O–H groups in total. The summed E-state index contributed by atoms with van der Waals surface area (Å²) in [6, 6.07) is 0. The summed E-state index contributed by atoms with van der Waals surface area (Å²) in [5.74, 6) is 1.29. The largest absolute Gasteiger partial charge is 1.00 e. The van der Waals surface area contributed by atoms with Gasteiger partial charge in [-0.2, -0.15) is 0 Å². The van der Waals surface area contributed by atoms with Crippen molar-refractivity contribution in [1.29, 1.82) is 0 Å². The molecule has 1 aliphatic heterocycles. The minimum Gasteiger partial charge on any atom is -0.686 e. The summed E-state index contributed by atoms with van der Waals surface area (Å²) in [6.45, 7) is 0. The van der Waals surface area contributed by atoms with Gasteiger partial charge in [-0.05, 0) is 5.87 Å². The van der Waals surface area contributed by atoms with Gasteiger partial charge in [-0.1, -0.05) is 0 Å². The van der Waals surface area contributed by atoms with E-state index in [0.717, 1.165) is 0 Å². The van der Waals surface area contributed by atoms with Crippen LogP contribution in [0.25, 0.3) is 5.59 Å². The maximum atomic E-state index is 9.72. The van der Waals surface area contributed by atoms with E-state index in [2.05, 4.69) is 15.5 Å². The van der Waals surface area contributed by atoms with E-state index in [0.29, 0.717) is 0 Å². The SMILES string of the molecule is [Li+].[Li+].[O-]C1=C=N[N-]O1. The minimum absolute atomic E-state index is 0. The van der Waals surface area contributed by atoms with Crippen LogP contribution in [-0.2, 0) is 4.84 Å². The molecular weight excluding hydrogens is 97.9 g/mol. The summed E-state index contributed by atoms with van der Waals surface area (Å²) in [5.41, 5.74) is 2.83. The van der Waals surface area contributed by atoms with Gasteiger partial charge in [0.2, 0.25) is 0 Å². The van der Waals surface area contributed by atoms with E-state index in [1.54, 1.807) is 0 Å². The van der Waals surface area contributed by atoms with Crippen molar-refractivity contribution in [2.45, 2.75) is 0 Å². The number of hydrogen-bond acceptors (Lipinski definition) is 3. The quantitative estimate of drug-likeness (QED) is 0.283. The van der Waals surface area contributed by atoms with Crippen LogP contribution in [-0.4, -0.2) is 5.87 Å². The molecular formula is C2Li2N2O2. The van der Waals surface area contributed by atoms with Crippen molar-refractivity contribution in [2.24, 2.45) is 5.10 Å². The van der Waals surface area contributed by atoms with E-state index in [1.165, 1.54) is 0 Å². The number of rotatable bonds is 0. The van der Waals surface area contributed by atoms with E-state index in [1.807, 2.05) is 5.87 Å². The Morgan fingerprint density at radius 2 is 2.25 bits per heavy atom. The first-order valence-electron chi connectivity index (χ1n) is 1.26. The molecule has 0 spiro atoms. The average molecular weight is 97.9 g/mol. The summed E-state index contributed by atoms with van der Waals surface area (Å²) in [7, 11) is 0. The molecule has 0 fully saturated rings. The molecule has 0 saturated heterocycles. The second kappa shape index (κ2) is 5.19. The van der Waals surface area contributed by atoms with Crippen molar-refractivity contribution in [3.8, 4) is 0 Å². The van der Waals surface area contributed by atoms with Crippen molar-refractivity contribution in [3.63, 3.8) is 0 Å². The van der Waals surface area contributed by atoms with E-state index in [4.69, 9.17) is 0 Å². The molecule has 0 amide bonds. The molecule has 0 aromatic heterocycles. The molecule has 32 valence electrons. The first-order valence-corrected chi connectivity index (χ1v) is 1.26. The molecule has 4 nitrogen and oxygen atoms in total. The maximum Gasteiger partial charge on any atom is 1.00 e. The Labute approximate surface area is 70.3 Å². The fourth-order valence-electron chi connectivity index (χ4n) is 0.139. The van der Waals surface area contributed by atoms with Gasteiger partial charge in [0, 0.05) is 0 Å². The predicted molar refractivity (Wildman–Crippen MR) is 15.4 cm³/mol. The predicted octanol–water partition coefficient (Wildman–Crippen LogP) is -6.90. The van der Waals surface area contributed by atoms with E-state index >= 15 is 0 Å². The summed E-state index contributed by atoms with van der Waals surface area (Å²) >= 11 is 0. The normalized spacial score (nSPS) is 11.8. The monoisotopic (exact) mass is 98.0 g/mol. The summed E-state index contributed by atoms with van der Waals surface area (Å²) in [4.78, 5) is 3.86. The molecule has 6 heteroatoms. The Morgan fingerprint density at radius 1 is 1.62 bits per heavy atom. The zero-order valence-electron chi connectivity index (χ0n) is 4.71. The van der Waals surface area contributed by atoms with Gasteiger partial charge in [0.25, 0.3) is 0 Å². The van der Waals surface area contributed by atoms with Gasteiger partial charge in [0.05, 0.1) is 5.95 Å².